The first-order valence-corrected chi connectivity index (χ1v) is 6.20. The van der Waals surface area contributed by atoms with Gasteiger partial charge in [-0.15, -0.1) is 0 Å². The maximum Gasteiger partial charge on any atom is 0.161 e. The standard InChI is InChI=1S/C13H16O2S/c16-9-2-1-4-11-5-6-12-13(10-11)15-8-3-7-14-12/h1,4-6,10,16H,2-3,7-9H2. The molecule has 1 aliphatic rings. The van der Waals surface area contributed by atoms with Gasteiger partial charge in [-0.3, -0.25) is 0 Å². The third-order valence-electron chi connectivity index (χ3n) is 2.38. The van der Waals surface area contributed by atoms with E-state index in [0.717, 1.165) is 48.9 Å². The van der Waals surface area contributed by atoms with Crippen molar-refractivity contribution in [2.75, 3.05) is 19.0 Å². The van der Waals surface area contributed by atoms with Gasteiger partial charge in [-0.25, -0.2) is 0 Å². The molecule has 1 heterocycles. The topological polar surface area (TPSA) is 18.5 Å². The minimum atomic E-state index is 0.733. The number of benzene rings is 1. The Labute approximate surface area is 102 Å². The zero-order chi connectivity index (χ0) is 11.2. The predicted octanol–water partition coefficient (Wildman–Crippen LogP) is 3.18. The van der Waals surface area contributed by atoms with E-state index in [4.69, 9.17) is 9.47 Å². The van der Waals surface area contributed by atoms with Gasteiger partial charge in [-0.1, -0.05) is 18.2 Å². The molecule has 0 amide bonds. The van der Waals surface area contributed by atoms with Gasteiger partial charge in [-0.2, -0.15) is 12.6 Å². The molecule has 0 unspecified atom stereocenters. The molecule has 0 aromatic heterocycles. The number of hydrogen-bond donors (Lipinski definition) is 1. The number of fused-ring (bicyclic) bond motifs is 1. The molecule has 0 fully saturated rings. The van der Waals surface area contributed by atoms with E-state index in [1.54, 1.807) is 0 Å². The lowest BCUT2D eigenvalue weighted by Crippen LogP contribution is -1.97. The summed E-state index contributed by atoms with van der Waals surface area (Å²) in [5.41, 5.74) is 1.14. The van der Waals surface area contributed by atoms with Gasteiger partial charge >= 0.3 is 0 Å². The van der Waals surface area contributed by atoms with E-state index in [2.05, 4.69) is 24.8 Å². The number of hydrogen-bond acceptors (Lipinski definition) is 3. The average Bonchev–Trinajstić information content (AvgIpc) is 2.54. The van der Waals surface area contributed by atoms with Gasteiger partial charge < -0.3 is 9.47 Å². The lowest BCUT2D eigenvalue weighted by Gasteiger charge is -2.07. The molecule has 0 atom stereocenters. The third kappa shape index (κ3) is 2.95. The smallest absolute Gasteiger partial charge is 0.161 e. The summed E-state index contributed by atoms with van der Waals surface area (Å²) < 4.78 is 11.2. The Bertz CT molecular complexity index is 374. The summed E-state index contributed by atoms with van der Waals surface area (Å²) in [5.74, 6) is 2.58. The van der Waals surface area contributed by atoms with Crippen LogP contribution in [0.3, 0.4) is 0 Å². The first-order valence-electron chi connectivity index (χ1n) is 5.57. The van der Waals surface area contributed by atoms with Crippen LogP contribution in [0.2, 0.25) is 0 Å². The highest BCUT2D eigenvalue weighted by atomic mass is 32.1. The highest BCUT2D eigenvalue weighted by Gasteiger charge is 2.09. The van der Waals surface area contributed by atoms with Crippen LogP contribution in [-0.2, 0) is 0 Å². The quantitative estimate of drug-likeness (QED) is 0.813. The van der Waals surface area contributed by atoms with Crippen molar-refractivity contribution in [1.82, 2.24) is 0 Å². The molecule has 0 saturated carbocycles. The monoisotopic (exact) mass is 236 g/mol. The van der Waals surface area contributed by atoms with Crippen molar-refractivity contribution in [2.45, 2.75) is 12.8 Å². The van der Waals surface area contributed by atoms with E-state index in [9.17, 15) is 0 Å². The van der Waals surface area contributed by atoms with Crippen LogP contribution in [0.1, 0.15) is 18.4 Å². The van der Waals surface area contributed by atoms with Crippen LogP contribution in [0, 0.1) is 0 Å². The van der Waals surface area contributed by atoms with Crippen LogP contribution in [0.15, 0.2) is 24.3 Å². The van der Waals surface area contributed by atoms with Crippen molar-refractivity contribution in [1.29, 1.82) is 0 Å². The Hall–Kier alpha value is -1.09. The molecule has 16 heavy (non-hydrogen) atoms. The summed E-state index contributed by atoms with van der Waals surface area (Å²) in [4.78, 5) is 0. The Morgan fingerprint density at radius 2 is 2.00 bits per heavy atom. The van der Waals surface area contributed by atoms with Gasteiger partial charge in [-0.05, 0) is 29.9 Å². The molecule has 0 radical (unpaired) electrons. The molecular weight excluding hydrogens is 220 g/mol. The number of ether oxygens (including phenoxy) is 2. The van der Waals surface area contributed by atoms with Crippen molar-refractivity contribution in [3.05, 3.63) is 29.8 Å². The molecule has 0 spiro atoms. The van der Waals surface area contributed by atoms with E-state index >= 15 is 0 Å². The van der Waals surface area contributed by atoms with Crippen LogP contribution < -0.4 is 9.47 Å². The normalized spacial score (nSPS) is 15.1. The summed E-state index contributed by atoms with van der Waals surface area (Å²) in [7, 11) is 0. The molecule has 1 aromatic rings. The molecule has 2 rings (SSSR count). The number of allylic oxidation sites excluding steroid dienone is 1. The molecule has 0 bridgehead atoms. The first-order chi connectivity index (χ1) is 7.90. The van der Waals surface area contributed by atoms with E-state index < -0.39 is 0 Å². The van der Waals surface area contributed by atoms with E-state index in [1.165, 1.54) is 0 Å². The van der Waals surface area contributed by atoms with Crippen LogP contribution in [0.5, 0.6) is 11.5 Å². The van der Waals surface area contributed by atoms with Crippen LogP contribution in [0.25, 0.3) is 6.08 Å². The van der Waals surface area contributed by atoms with E-state index in [-0.39, 0.29) is 0 Å². The molecule has 0 aliphatic carbocycles. The van der Waals surface area contributed by atoms with Gasteiger partial charge in [0.15, 0.2) is 11.5 Å². The SMILES string of the molecule is SCCC=Cc1ccc2c(c1)OCCCO2. The van der Waals surface area contributed by atoms with Gasteiger partial charge in [0.1, 0.15) is 0 Å². The maximum absolute atomic E-state index is 5.62. The zero-order valence-electron chi connectivity index (χ0n) is 9.19. The van der Waals surface area contributed by atoms with Crippen molar-refractivity contribution < 1.29 is 9.47 Å². The second-order valence-electron chi connectivity index (χ2n) is 3.67. The highest BCUT2D eigenvalue weighted by molar-refractivity contribution is 7.80. The summed E-state index contributed by atoms with van der Waals surface area (Å²) in [6.07, 6.45) is 6.13. The van der Waals surface area contributed by atoms with Crippen LogP contribution >= 0.6 is 12.6 Å². The van der Waals surface area contributed by atoms with Crippen LogP contribution in [-0.4, -0.2) is 19.0 Å². The fourth-order valence-corrected chi connectivity index (χ4v) is 1.73. The van der Waals surface area contributed by atoms with Crippen molar-refractivity contribution in [3.63, 3.8) is 0 Å². The summed E-state index contributed by atoms with van der Waals surface area (Å²) in [5, 5.41) is 0. The summed E-state index contributed by atoms with van der Waals surface area (Å²) in [6, 6.07) is 6.04. The van der Waals surface area contributed by atoms with Crippen molar-refractivity contribution in [2.24, 2.45) is 0 Å². The van der Waals surface area contributed by atoms with Crippen molar-refractivity contribution in [3.8, 4) is 11.5 Å². The second-order valence-corrected chi connectivity index (χ2v) is 4.12. The van der Waals surface area contributed by atoms with Gasteiger partial charge in [0, 0.05) is 6.42 Å². The van der Waals surface area contributed by atoms with Crippen molar-refractivity contribution >= 4 is 18.7 Å². The fourth-order valence-electron chi connectivity index (χ4n) is 1.58. The first kappa shape index (κ1) is 11.4. The van der Waals surface area contributed by atoms with Gasteiger partial charge in [0.2, 0.25) is 0 Å². The maximum atomic E-state index is 5.62. The molecule has 2 nitrogen and oxygen atoms in total. The second kappa shape index (κ2) is 5.85. The zero-order valence-corrected chi connectivity index (χ0v) is 10.1. The largest absolute Gasteiger partial charge is 0.490 e. The van der Waals surface area contributed by atoms with Gasteiger partial charge in [0.05, 0.1) is 13.2 Å². The summed E-state index contributed by atoms with van der Waals surface area (Å²) >= 11 is 4.16. The fraction of sp³-hybridized carbons (Fsp3) is 0.385. The number of thiol groups is 1. The molecule has 86 valence electrons. The lowest BCUT2D eigenvalue weighted by atomic mass is 10.2. The molecule has 1 aliphatic heterocycles. The lowest BCUT2D eigenvalue weighted by molar-refractivity contribution is 0.297. The minimum Gasteiger partial charge on any atom is -0.490 e. The third-order valence-corrected chi connectivity index (χ3v) is 2.64. The Kier molecular flexibility index (Phi) is 4.17. The average molecular weight is 236 g/mol. The Morgan fingerprint density at radius 1 is 1.19 bits per heavy atom. The van der Waals surface area contributed by atoms with Crippen LogP contribution in [0.4, 0.5) is 0 Å². The Balaban J connectivity index is 2.14. The van der Waals surface area contributed by atoms with Gasteiger partial charge in [0.25, 0.3) is 0 Å². The molecular formula is C13H16O2S. The number of rotatable bonds is 3. The molecule has 0 N–H and O–H groups in total. The highest BCUT2D eigenvalue weighted by Crippen LogP contribution is 2.30. The van der Waals surface area contributed by atoms with E-state index in [0.29, 0.717) is 0 Å². The summed E-state index contributed by atoms with van der Waals surface area (Å²) in [6.45, 7) is 1.47. The molecule has 0 saturated heterocycles. The van der Waals surface area contributed by atoms with E-state index in [1.807, 2.05) is 18.2 Å². The molecule has 3 heteroatoms. The minimum absolute atomic E-state index is 0.733. The Morgan fingerprint density at radius 3 is 2.81 bits per heavy atom. The predicted molar refractivity (Wildman–Crippen MR) is 69.6 cm³/mol. The molecule has 1 aromatic carbocycles.